The predicted molar refractivity (Wildman–Crippen MR) is 81.0 cm³/mol. The van der Waals surface area contributed by atoms with E-state index in [2.05, 4.69) is 10.6 Å². The number of hydrogen-bond donors (Lipinski definition) is 2. The molecule has 0 aliphatic carbocycles. The van der Waals surface area contributed by atoms with Crippen molar-refractivity contribution in [2.75, 3.05) is 13.1 Å². The average molecular weight is 288 g/mol. The smallest absolute Gasteiger partial charge is 0.287 e. The number of carbonyl (C=O) groups excluding carboxylic acids is 2. The third kappa shape index (κ3) is 4.08. The monoisotopic (exact) mass is 288 g/mol. The molecule has 2 rings (SSSR count). The average Bonchev–Trinajstić information content (AvgIpc) is 2.90. The molecule has 0 saturated carbocycles. The van der Waals surface area contributed by atoms with Crippen LogP contribution in [0.1, 0.15) is 30.8 Å². The molecule has 0 spiro atoms. The highest BCUT2D eigenvalue weighted by atomic mass is 16.3. The highest BCUT2D eigenvalue weighted by Crippen LogP contribution is 2.18. The van der Waals surface area contributed by atoms with Crippen LogP contribution in [0.15, 0.2) is 34.7 Å². The van der Waals surface area contributed by atoms with Crippen molar-refractivity contribution in [1.82, 2.24) is 10.6 Å². The maximum Gasteiger partial charge on any atom is 0.287 e. The topological polar surface area (TPSA) is 71.3 Å². The number of carbonyl (C=O) groups is 2. The summed E-state index contributed by atoms with van der Waals surface area (Å²) in [6.45, 7) is 4.74. The van der Waals surface area contributed by atoms with Gasteiger partial charge in [-0.15, -0.1) is 0 Å². The van der Waals surface area contributed by atoms with Crippen LogP contribution in [-0.2, 0) is 4.79 Å². The molecule has 0 atom stereocenters. The van der Waals surface area contributed by atoms with Crippen LogP contribution in [0.25, 0.3) is 11.0 Å². The highest BCUT2D eigenvalue weighted by Gasteiger charge is 2.11. The summed E-state index contributed by atoms with van der Waals surface area (Å²) in [6.07, 6.45) is 0.685. The lowest BCUT2D eigenvalue weighted by Gasteiger charge is -2.07. The Balaban J connectivity index is 1.76. The summed E-state index contributed by atoms with van der Waals surface area (Å²) in [5.74, 6) is 0.0811. The lowest BCUT2D eigenvalue weighted by molar-refractivity contribution is -0.123. The number of para-hydroxylation sites is 1. The Morgan fingerprint density at radius 3 is 2.57 bits per heavy atom. The van der Waals surface area contributed by atoms with Gasteiger partial charge in [-0.25, -0.2) is 0 Å². The van der Waals surface area contributed by atoms with Crippen molar-refractivity contribution >= 4 is 22.8 Å². The molecule has 0 aliphatic rings. The molecule has 5 nitrogen and oxygen atoms in total. The fourth-order valence-electron chi connectivity index (χ4n) is 1.89. The third-order valence-electron chi connectivity index (χ3n) is 3.11. The number of fused-ring (bicyclic) bond motifs is 1. The zero-order valence-corrected chi connectivity index (χ0v) is 12.3. The van der Waals surface area contributed by atoms with Gasteiger partial charge in [-0.2, -0.15) is 0 Å². The van der Waals surface area contributed by atoms with Gasteiger partial charge in [0.1, 0.15) is 5.58 Å². The van der Waals surface area contributed by atoms with Crippen LogP contribution in [-0.4, -0.2) is 24.9 Å². The first kappa shape index (κ1) is 15.1. The molecule has 0 bridgehead atoms. The Labute approximate surface area is 123 Å². The molecule has 1 aromatic heterocycles. The summed E-state index contributed by atoms with van der Waals surface area (Å²) in [5.41, 5.74) is 0.701. The Bertz CT molecular complexity index is 598. The lowest BCUT2D eigenvalue weighted by Crippen LogP contribution is -2.31. The van der Waals surface area contributed by atoms with Gasteiger partial charge in [0.15, 0.2) is 5.76 Å². The lowest BCUT2D eigenvalue weighted by atomic mass is 10.2. The van der Waals surface area contributed by atoms with E-state index in [9.17, 15) is 9.59 Å². The standard InChI is InChI=1S/C16H20N2O3/c1-11(2)15(19)17-8-5-9-18-16(20)14-10-12-6-3-4-7-13(12)21-14/h3-4,6-7,10-11H,5,8-9H2,1-2H3,(H,17,19)(H,18,20). The van der Waals surface area contributed by atoms with Gasteiger partial charge >= 0.3 is 0 Å². The van der Waals surface area contributed by atoms with Gasteiger partial charge in [0.05, 0.1) is 0 Å². The van der Waals surface area contributed by atoms with E-state index in [0.717, 1.165) is 5.39 Å². The van der Waals surface area contributed by atoms with Gasteiger partial charge in [-0.1, -0.05) is 32.0 Å². The highest BCUT2D eigenvalue weighted by molar-refractivity contribution is 5.96. The fraction of sp³-hybridized carbons (Fsp3) is 0.375. The molecule has 0 aliphatic heterocycles. The van der Waals surface area contributed by atoms with E-state index in [0.29, 0.717) is 30.9 Å². The Morgan fingerprint density at radius 2 is 1.86 bits per heavy atom. The molecule has 2 amide bonds. The zero-order valence-electron chi connectivity index (χ0n) is 12.3. The molecule has 1 aromatic carbocycles. The van der Waals surface area contributed by atoms with Crippen molar-refractivity contribution in [3.8, 4) is 0 Å². The van der Waals surface area contributed by atoms with E-state index < -0.39 is 0 Å². The first-order valence-corrected chi connectivity index (χ1v) is 7.12. The van der Waals surface area contributed by atoms with Gasteiger partial charge in [-0.05, 0) is 18.6 Å². The van der Waals surface area contributed by atoms with Crippen LogP contribution < -0.4 is 10.6 Å². The van der Waals surface area contributed by atoms with E-state index >= 15 is 0 Å². The van der Waals surface area contributed by atoms with Crippen LogP contribution in [0.3, 0.4) is 0 Å². The minimum absolute atomic E-state index is 0.0184. The minimum Gasteiger partial charge on any atom is -0.451 e. The molecule has 0 saturated heterocycles. The number of furan rings is 1. The van der Waals surface area contributed by atoms with Gasteiger partial charge < -0.3 is 15.1 Å². The second-order valence-electron chi connectivity index (χ2n) is 5.20. The molecule has 2 N–H and O–H groups in total. The summed E-state index contributed by atoms with van der Waals surface area (Å²) < 4.78 is 5.47. The quantitative estimate of drug-likeness (QED) is 0.801. The molecule has 0 fully saturated rings. The van der Waals surface area contributed by atoms with Crippen molar-refractivity contribution in [2.24, 2.45) is 5.92 Å². The van der Waals surface area contributed by atoms with Gasteiger partial charge in [0.2, 0.25) is 5.91 Å². The number of benzene rings is 1. The second-order valence-corrected chi connectivity index (χ2v) is 5.20. The molecule has 2 aromatic rings. The maximum absolute atomic E-state index is 11.9. The van der Waals surface area contributed by atoms with E-state index in [-0.39, 0.29) is 17.7 Å². The van der Waals surface area contributed by atoms with Crippen molar-refractivity contribution in [1.29, 1.82) is 0 Å². The van der Waals surface area contributed by atoms with Gasteiger partial charge in [0, 0.05) is 24.4 Å². The van der Waals surface area contributed by atoms with Crippen molar-refractivity contribution in [2.45, 2.75) is 20.3 Å². The largest absolute Gasteiger partial charge is 0.451 e. The number of nitrogens with one attached hydrogen (secondary N) is 2. The van der Waals surface area contributed by atoms with E-state index in [1.807, 2.05) is 38.1 Å². The van der Waals surface area contributed by atoms with Crippen LogP contribution in [0.5, 0.6) is 0 Å². The fourth-order valence-corrected chi connectivity index (χ4v) is 1.89. The SMILES string of the molecule is CC(C)C(=O)NCCCNC(=O)c1cc2ccccc2o1. The summed E-state index contributed by atoms with van der Waals surface area (Å²) in [7, 11) is 0. The Morgan fingerprint density at radius 1 is 1.14 bits per heavy atom. The third-order valence-corrected chi connectivity index (χ3v) is 3.11. The van der Waals surface area contributed by atoms with E-state index in [4.69, 9.17) is 4.42 Å². The summed E-state index contributed by atoms with van der Waals surface area (Å²) in [4.78, 5) is 23.3. The predicted octanol–water partition coefficient (Wildman–Crippen LogP) is 2.32. The van der Waals surface area contributed by atoms with Crippen molar-refractivity contribution in [3.05, 3.63) is 36.1 Å². The number of rotatable bonds is 6. The van der Waals surface area contributed by atoms with Crippen molar-refractivity contribution in [3.63, 3.8) is 0 Å². The second kappa shape index (κ2) is 6.92. The maximum atomic E-state index is 11.9. The van der Waals surface area contributed by atoms with Crippen LogP contribution in [0.2, 0.25) is 0 Å². The Kier molecular flexibility index (Phi) is 4.98. The van der Waals surface area contributed by atoms with Crippen LogP contribution in [0, 0.1) is 5.92 Å². The molecule has 112 valence electrons. The summed E-state index contributed by atoms with van der Waals surface area (Å²) >= 11 is 0. The van der Waals surface area contributed by atoms with E-state index in [1.165, 1.54) is 0 Å². The van der Waals surface area contributed by atoms with Gasteiger partial charge in [-0.3, -0.25) is 9.59 Å². The normalized spacial score (nSPS) is 10.8. The molecular weight excluding hydrogens is 268 g/mol. The molecular formula is C16H20N2O3. The molecule has 5 heteroatoms. The molecule has 21 heavy (non-hydrogen) atoms. The van der Waals surface area contributed by atoms with Crippen molar-refractivity contribution < 1.29 is 14.0 Å². The van der Waals surface area contributed by atoms with E-state index in [1.54, 1.807) is 6.07 Å². The minimum atomic E-state index is -0.235. The number of hydrogen-bond acceptors (Lipinski definition) is 3. The van der Waals surface area contributed by atoms with Crippen LogP contribution >= 0.6 is 0 Å². The first-order chi connectivity index (χ1) is 10.1. The Hall–Kier alpha value is -2.30. The summed E-state index contributed by atoms with van der Waals surface area (Å²) in [6, 6.07) is 9.22. The van der Waals surface area contributed by atoms with Gasteiger partial charge in [0.25, 0.3) is 5.91 Å². The van der Waals surface area contributed by atoms with Crippen LogP contribution in [0.4, 0.5) is 0 Å². The molecule has 0 unspecified atom stereocenters. The summed E-state index contributed by atoms with van der Waals surface area (Å²) in [5, 5.41) is 6.49. The zero-order chi connectivity index (χ0) is 15.2. The first-order valence-electron chi connectivity index (χ1n) is 7.12. The molecule has 0 radical (unpaired) electrons. The number of amides is 2. The molecule has 1 heterocycles.